The Morgan fingerprint density at radius 1 is 0.792 bits per heavy atom. The molecule has 53 heavy (non-hydrogen) atoms. The third-order valence-electron chi connectivity index (χ3n) is 8.75. The van der Waals surface area contributed by atoms with Gasteiger partial charge in [-0.15, -0.1) is 0 Å². The molecule has 0 saturated carbocycles. The van der Waals surface area contributed by atoms with Crippen LogP contribution in [0.5, 0.6) is 0 Å². The first kappa shape index (κ1) is 40.6. The molecule has 0 aromatic heterocycles. The molecule has 14 nitrogen and oxygen atoms in total. The summed E-state index contributed by atoms with van der Waals surface area (Å²) in [6.45, 7) is 10.3. The molecule has 3 atom stereocenters. The van der Waals surface area contributed by atoms with Crippen LogP contribution in [0.25, 0.3) is 11.1 Å². The zero-order valence-corrected chi connectivity index (χ0v) is 31.7. The number of fused-ring (bicyclic) bond motifs is 3. The number of benzene rings is 2. The lowest BCUT2D eigenvalue weighted by molar-refractivity contribution is -0.145. The Morgan fingerprint density at radius 2 is 1.34 bits per heavy atom. The van der Waals surface area contributed by atoms with E-state index in [2.05, 4.69) is 26.3 Å². The number of ether oxygens (including phenoxy) is 4. The van der Waals surface area contributed by atoms with Crippen molar-refractivity contribution in [2.75, 3.05) is 20.3 Å². The van der Waals surface area contributed by atoms with Crippen molar-refractivity contribution in [1.82, 2.24) is 21.3 Å². The largest absolute Gasteiger partial charge is 0.467 e. The van der Waals surface area contributed by atoms with E-state index in [9.17, 15) is 24.0 Å². The van der Waals surface area contributed by atoms with Crippen molar-refractivity contribution in [1.29, 1.82) is 0 Å². The predicted octanol–water partition coefficient (Wildman–Crippen LogP) is 5.93. The summed E-state index contributed by atoms with van der Waals surface area (Å²) in [5, 5.41) is 10.5. The van der Waals surface area contributed by atoms with E-state index in [0.29, 0.717) is 25.7 Å². The summed E-state index contributed by atoms with van der Waals surface area (Å²) in [6.07, 6.45) is 0.868. The van der Waals surface area contributed by atoms with E-state index < -0.39 is 59.4 Å². The molecule has 0 bridgehead atoms. The smallest absolute Gasteiger partial charge is 0.414 e. The number of rotatable bonds is 7. The minimum absolute atomic E-state index is 0.0299. The molecular weight excluding hydrogens is 682 g/mol. The number of guanidine groups is 1. The molecule has 14 heteroatoms. The van der Waals surface area contributed by atoms with Crippen LogP contribution in [0, 0.1) is 5.92 Å². The third-order valence-corrected chi connectivity index (χ3v) is 8.75. The lowest BCUT2D eigenvalue weighted by atomic mass is 9.88. The van der Waals surface area contributed by atoms with Gasteiger partial charge in [-0.2, -0.15) is 0 Å². The average molecular weight is 736 g/mol. The quantitative estimate of drug-likeness (QED) is 0.116. The number of hydrogen-bond acceptors (Lipinski definition) is 10. The summed E-state index contributed by atoms with van der Waals surface area (Å²) in [5.74, 6) is -2.01. The number of esters is 1. The fraction of sp³-hybridized carbons (Fsp3) is 0.538. The van der Waals surface area contributed by atoms with Gasteiger partial charge in [-0.3, -0.25) is 20.4 Å². The third kappa shape index (κ3) is 12.2. The van der Waals surface area contributed by atoms with Gasteiger partial charge in [0.25, 0.3) is 0 Å². The van der Waals surface area contributed by atoms with Crippen molar-refractivity contribution in [2.45, 2.75) is 109 Å². The van der Waals surface area contributed by atoms with Crippen molar-refractivity contribution in [3.63, 3.8) is 0 Å². The first-order valence-electron chi connectivity index (χ1n) is 18.1. The first-order chi connectivity index (χ1) is 25.0. The van der Waals surface area contributed by atoms with Gasteiger partial charge in [-0.1, -0.05) is 67.8 Å². The standard InChI is InChI=1S/C39H53N5O9/c1-38(2,3)52-36(48)43-34(44-37(49)53-39(4,5)6)40-22-21-24-15-9-8-10-20-30(33(46)50-7)41-32(45)31(24)42-35(47)51-23-29-27-18-13-11-16-25(27)26-17-12-14-19-28(26)29/h11-14,16-19,24,29-31H,8-10,15,20-23H2,1-7H3,(H,41,45)(H,42,47)(H2,40,43,44,48,49). The van der Waals surface area contributed by atoms with Crippen LogP contribution in [0.4, 0.5) is 14.4 Å². The van der Waals surface area contributed by atoms with E-state index in [1.807, 2.05) is 48.5 Å². The Hall–Kier alpha value is -5.14. The Balaban J connectivity index is 1.54. The first-order valence-corrected chi connectivity index (χ1v) is 18.1. The number of amides is 4. The summed E-state index contributed by atoms with van der Waals surface area (Å²) in [5.41, 5.74) is 2.63. The molecule has 4 rings (SSSR count). The van der Waals surface area contributed by atoms with Crippen molar-refractivity contribution in [3.05, 3.63) is 59.7 Å². The molecule has 0 spiro atoms. The number of nitrogens with zero attached hydrogens (tertiary/aromatic N) is 1. The van der Waals surface area contributed by atoms with Gasteiger partial charge in [0, 0.05) is 12.5 Å². The zero-order chi connectivity index (χ0) is 38.8. The number of methoxy groups -OCH3 is 1. The zero-order valence-electron chi connectivity index (χ0n) is 31.7. The second-order valence-electron chi connectivity index (χ2n) is 15.2. The summed E-state index contributed by atoms with van der Waals surface area (Å²) < 4.78 is 21.4. The van der Waals surface area contributed by atoms with Gasteiger partial charge >= 0.3 is 24.2 Å². The molecule has 3 unspecified atom stereocenters. The Kier molecular flexibility index (Phi) is 13.8. The predicted molar refractivity (Wildman–Crippen MR) is 198 cm³/mol. The normalized spacial score (nSPS) is 18.9. The molecular formula is C39H53N5O9. The Morgan fingerprint density at radius 3 is 1.89 bits per heavy atom. The maximum atomic E-state index is 13.9. The Labute approximate surface area is 311 Å². The number of alkyl carbamates (subject to hydrolysis) is 3. The van der Waals surface area contributed by atoms with Crippen LogP contribution in [0.3, 0.4) is 0 Å². The van der Waals surface area contributed by atoms with Gasteiger partial charge in [0.2, 0.25) is 11.9 Å². The summed E-state index contributed by atoms with van der Waals surface area (Å²) >= 11 is 0. The van der Waals surface area contributed by atoms with Gasteiger partial charge < -0.3 is 29.6 Å². The second kappa shape index (κ2) is 18.1. The SMILES string of the molecule is COC(=O)C1CCCCCC(CCN=C(NC(=O)OC(C)(C)C)NC(=O)OC(C)(C)C)C(NC(=O)OCC2c3ccccc3-c3ccccc32)C(=O)N1. The molecule has 1 aliphatic heterocycles. The highest BCUT2D eigenvalue weighted by Gasteiger charge is 2.35. The topological polar surface area (TPSA) is 183 Å². The van der Waals surface area contributed by atoms with Crippen LogP contribution < -0.4 is 21.3 Å². The highest BCUT2D eigenvalue weighted by molar-refractivity contribution is 6.01. The molecule has 2 aromatic rings. The van der Waals surface area contributed by atoms with Gasteiger partial charge in [-0.25, -0.2) is 19.2 Å². The molecule has 2 aromatic carbocycles. The van der Waals surface area contributed by atoms with Crippen molar-refractivity contribution in [2.24, 2.45) is 10.9 Å². The molecule has 4 N–H and O–H groups in total. The van der Waals surface area contributed by atoms with Gasteiger partial charge in [0.05, 0.1) is 7.11 Å². The van der Waals surface area contributed by atoms with Gasteiger partial charge in [-0.05, 0) is 89.0 Å². The lowest BCUT2D eigenvalue weighted by Gasteiger charge is -2.30. The fourth-order valence-corrected chi connectivity index (χ4v) is 6.48. The van der Waals surface area contributed by atoms with Crippen molar-refractivity contribution in [3.8, 4) is 11.1 Å². The molecule has 1 fully saturated rings. The van der Waals surface area contributed by atoms with Gasteiger partial charge in [0.15, 0.2) is 0 Å². The minimum Gasteiger partial charge on any atom is -0.467 e. The maximum Gasteiger partial charge on any atom is 0.414 e. The molecule has 1 heterocycles. The Bertz CT molecular complexity index is 1590. The highest BCUT2D eigenvalue weighted by atomic mass is 16.6. The number of hydrogen-bond donors (Lipinski definition) is 4. The van der Waals surface area contributed by atoms with Crippen LogP contribution in [-0.2, 0) is 28.5 Å². The van der Waals surface area contributed by atoms with Gasteiger partial charge in [0.1, 0.15) is 29.9 Å². The van der Waals surface area contributed by atoms with E-state index in [-0.39, 0.29) is 31.4 Å². The average Bonchev–Trinajstić information content (AvgIpc) is 3.39. The molecule has 288 valence electrons. The van der Waals surface area contributed by atoms with Crippen molar-refractivity contribution < 1.29 is 42.9 Å². The van der Waals surface area contributed by atoms with E-state index >= 15 is 0 Å². The molecule has 4 amide bonds. The van der Waals surface area contributed by atoms with Crippen LogP contribution in [0.2, 0.25) is 0 Å². The number of aliphatic imine (C=N–C) groups is 1. The summed E-state index contributed by atoms with van der Waals surface area (Å²) in [4.78, 5) is 69.6. The molecule has 0 radical (unpaired) electrons. The second-order valence-corrected chi connectivity index (χ2v) is 15.2. The minimum atomic E-state index is -1.10. The monoisotopic (exact) mass is 735 g/mol. The highest BCUT2D eigenvalue weighted by Crippen LogP contribution is 2.44. The molecule has 1 aliphatic carbocycles. The van der Waals surface area contributed by atoms with E-state index in [4.69, 9.17) is 18.9 Å². The fourth-order valence-electron chi connectivity index (χ4n) is 6.48. The van der Waals surface area contributed by atoms with Crippen LogP contribution in [-0.4, -0.2) is 79.7 Å². The maximum absolute atomic E-state index is 13.9. The van der Waals surface area contributed by atoms with Crippen LogP contribution >= 0.6 is 0 Å². The van der Waals surface area contributed by atoms with E-state index in [1.165, 1.54) is 7.11 Å². The number of nitrogens with one attached hydrogen (secondary N) is 4. The molecule has 2 aliphatic rings. The molecule has 1 saturated heterocycles. The summed E-state index contributed by atoms with van der Waals surface area (Å²) in [7, 11) is 1.26. The summed E-state index contributed by atoms with van der Waals surface area (Å²) in [6, 6.07) is 14.0. The van der Waals surface area contributed by atoms with E-state index in [1.54, 1.807) is 41.5 Å². The van der Waals surface area contributed by atoms with Crippen molar-refractivity contribution >= 4 is 36.1 Å². The van der Waals surface area contributed by atoms with E-state index in [0.717, 1.165) is 28.7 Å². The lowest BCUT2D eigenvalue weighted by Crippen LogP contribution is -2.55. The van der Waals surface area contributed by atoms with Crippen LogP contribution in [0.15, 0.2) is 53.5 Å². The van der Waals surface area contributed by atoms with Crippen LogP contribution in [0.1, 0.15) is 97.1 Å². The number of carbonyl (C=O) groups is 5. The number of carbonyl (C=O) groups excluding carboxylic acids is 5.